The summed E-state index contributed by atoms with van der Waals surface area (Å²) in [5.41, 5.74) is -0.160. The highest BCUT2D eigenvalue weighted by Gasteiger charge is 2.52. The van der Waals surface area contributed by atoms with Crippen molar-refractivity contribution in [3.63, 3.8) is 0 Å². The van der Waals surface area contributed by atoms with E-state index in [2.05, 4.69) is 10.3 Å². The minimum Gasteiger partial charge on any atom is -0.399 e. The van der Waals surface area contributed by atoms with Crippen LogP contribution in [0.25, 0.3) is 0 Å². The van der Waals surface area contributed by atoms with Crippen LogP contribution < -0.4 is 15.1 Å². The zero-order valence-corrected chi connectivity index (χ0v) is 24.9. The molecule has 2 aromatic carbocycles. The highest BCUT2D eigenvalue weighted by atomic mass is 32.2. The smallest absolute Gasteiger partial charge is 0.399 e. The summed E-state index contributed by atoms with van der Waals surface area (Å²) >= 11 is 0. The summed E-state index contributed by atoms with van der Waals surface area (Å²) in [6, 6.07) is 13.7. The fraction of sp³-hybridized carbons (Fsp3) is 0.414. The van der Waals surface area contributed by atoms with Crippen LogP contribution in [0.15, 0.2) is 59.5 Å². The van der Waals surface area contributed by atoms with Crippen LogP contribution in [0.3, 0.4) is 0 Å². The molecule has 41 heavy (non-hydrogen) atoms. The van der Waals surface area contributed by atoms with Gasteiger partial charge in [-0.3, -0.25) is 4.31 Å². The number of benzene rings is 2. The molecule has 1 fully saturated rings. The van der Waals surface area contributed by atoms with Crippen molar-refractivity contribution in [2.45, 2.75) is 82.7 Å². The van der Waals surface area contributed by atoms with Gasteiger partial charge in [-0.25, -0.2) is 13.4 Å². The molecular formula is C29H33BF3N3O4S. The van der Waals surface area contributed by atoms with E-state index in [0.29, 0.717) is 11.0 Å². The number of fused-ring (bicyclic) bond motifs is 2. The van der Waals surface area contributed by atoms with Crippen LogP contribution in [-0.2, 0) is 37.5 Å². The highest BCUT2D eigenvalue weighted by Crippen LogP contribution is 2.41. The average Bonchev–Trinajstić information content (AvgIpc) is 2.99. The molecule has 0 amide bonds. The van der Waals surface area contributed by atoms with E-state index in [1.165, 1.54) is 10.4 Å². The molecule has 218 valence electrons. The maximum atomic E-state index is 14.2. The number of alkyl halides is 3. The van der Waals surface area contributed by atoms with Crippen molar-refractivity contribution < 1.29 is 30.9 Å². The first-order chi connectivity index (χ1) is 18.8. The second-order valence-corrected chi connectivity index (χ2v) is 14.3. The first kappa shape index (κ1) is 29.4. The third-order valence-corrected chi connectivity index (χ3v) is 9.73. The molecule has 0 radical (unpaired) electrons. The molecule has 0 spiro atoms. The lowest BCUT2D eigenvalue weighted by Crippen LogP contribution is -2.41. The van der Waals surface area contributed by atoms with E-state index in [0.717, 1.165) is 11.6 Å². The summed E-state index contributed by atoms with van der Waals surface area (Å²) < 4.78 is 82.4. The number of aromatic nitrogens is 1. The summed E-state index contributed by atoms with van der Waals surface area (Å²) in [6.45, 7) is 13.5. The zero-order chi connectivity index (χ0) is 30.2. The quantitative estimate of drug-likeness (QED) is 0.371. The van der Waals surface area contributed by atoms with E-state index in [-0.39, 0.29) is 34.0 Å². The standard InChI is InChI=1S/C29H33BF3N3O4S/c1-26(2,3)19-9-12-21(13-10-19)41(37,38)36-17-18-8-15-24(29(31,32)33)35-25(18)34-22-14-11-20(16-23(22)36)30-39-27(4,5)28(6,7)40-30/h8-16H,17H2,1-7H3,(H,34,35). The summed E-state index contributed by atoms with van der Waals surface area (Å²) in [5, 5.41) is 2.95. The van der Waals surface area contributed by atoms with Crippen molar-refractivity contribution in [2.75, 3.05) is 9.62 Å². The Morgan fingerprint density at radius 3 is 2.10 bits per heavy atom. The second kappa shape index (κ2) is 9.47. The van der Waals surface area contributed by atoms with E-state index >= 15 is 0 Å². The van der Waals surface area contributed by atoms with E-state index in [1.54, 1.807) is 42.5 Å². The Kier molecular flexibility index (Phi) is 6.79. The lowest BCUT2D eigenvalue weighted by molar-refractivity contribution is -0.141. The van der Waals surface area contributed by atoms with Gasteiger partial charge in [-0.2, -0.15) is 13.2 Å². The van der Waals surface area contributed by atoms with Crippen LogP contribution >= 0.6 is 0 Å². The van der Waals surface area contributed by atoms with Gasteiger partial charge in [0.15, 0.2) is 0 Å². The van der Waals surface area contributed by atoms with Gasteiger partial charge in [0.25, 0.3) is 10.0 Å². The van der Waals surface area contributed by atoms with Gasteiger partial charge in [0.05, 0.1) is 34.0 Å². The van der Waals surface area contributed by atoms with Gasteiger partial charge in [0.1, 0.15) is 11.5 Å². The molecule has 1 saturated heterocycles. The zero-order valence-electron chi connectivity index (χ0n) is 24.1. The van der Waals surface area contributed by atoms with E-state index in [9.17, 15) is 21.6 Å². The van der Waals surface area contributed by atoms with Crippen LogP contribution in [0.5, 0.6) is 0 Å². The fourth-order valence-electron chi connectivity index (χ4n) is 4.70. The molecule has 0 saturated carbocycles. The number of anilines is 3. The number of nitrogens with zero attached hydrogens (tertiary/aromatic N) is 2. The molecule has 0 bridgehead atoms. The van der Waals surface area contributed by atoms with Crippen molar-refractivity contribution in [1.82, 2.24) is 4.98 Å². The molecule has 0 unspecified atom stereocenters. The number of hydrogen-bond donors (Lipinski definition) is 1. The predicted octanol–water partition coefficient (Wildman–Crippen LogP) is 6.15. The Morgan fingerprint density at radius 1 is 0.927 bits per heavy atom. The SMILES string of the molecule is CC(C)(C)c1ccc(S(=O)(=O)N2Cc3ccc(C(F)(F)F)nc3Nc3ccc(B4OC(C)(C)C(C)(C)O4)cc32)cc1. The third-order valence-electron chi connectivity index (χ3n) is 7.96. The number of halogens is 3. The minimum atomic E-state index is -4.66. The van der Waals surface area contributed by atoms with Gasteiger partial charge in [-0.1, -0.05) is 45.0 Å². The maximum Gasteiger partial charge on any atom is 0.494 e. The number of hydrogen-bond acceptors (Lipinski definition) is 6. The number of pyridine rings is 1. The molecule has 2 aliphatic rings. The molecule has 5 rings (SSSR count). The van der Waals surface area contributed by atoms with Crippen molar-refractivity contribution in [2.24, 2.45) is 0 Å². The minimum absolute atomic E-state index is 0.0563. The molecule has 0 aliphatic carbocycles. The molecule has 3 aromatic rings. The van der Waals surface area contributed by atoms with Crippen molar-refractivity contribution in [3.05, 3.63) is 71.4 Å². The summed E-state index contributed by atoms with van der Waals surface area (Å²) in [6.07, 6.45) is -4.66. The first-order valence-electron chi connectivity index (χ1n) is 13.3. The Hall–Kier alpha value is -3.09. The Morgan fingerprint density at radius 2 is 1.54 bits per heavy atom. The van der Waals surface area contributed by atoms with Gasteiger partial charge in [0, 0.05) is 5.56 Å². The van der Waals surface area contributed by atoms with Crippen molar-refractivity contribution >= 4 is 39.8 Å². The van der Waals surface area contributed by atoms with Crippen LogP contribution in [0.1, 0.15) is 65.3 Å². The lowest BCUT2D eigenvalue weighted by atomic mass is 9.78. The monoisotopic (exact) mass is 587 g/mol. The van der Waals surface area contributed by atoms with Crippen LogP contribution in [0, 0.1) is 0 Å². The Balaban J connectivity index is 1.64. The van der Waals surface area contributed by atoms with E-state index in [4.69, 9.17) is 9.31 Å². The molecule has 2 aliphatic heterocycles. The highest BCUT2D eigenvalue weighted by molar-refractivity contribution is 7.92. The maximum absolute atomic E-state index is 14.2. The molecule has 1 aromatic heterocycles. The van der Waals surface area contributed by atoms with Crippen LogP contribution in [-0.4, -0.2) is 31.7 Å². The van der Waals surface area contributed by atoms with Crippen LogP contribution in [0.4, 0.5) is 30.4 Å². The normalized spacial score (nSPS) is 18.4. The summed E-state index contributed by atoms with van der Waals surface area (Å²) in [7, 11) is -4.94. The summed E-state index contributed by atoms with van der Waals surface area (Å²) in [5.74, 6) is -0.0646. The largest absolute Gasteiger partial charge is 0.494 e. The molecule has 1 N–H and O–H groups in total. The predicted molar refractivity (Wildman–Crippen MR) is 153 cm³/mol. The lowest BCUT2D eigenvalue weighted by Gasteiger charge is -2.32. The number of sulfonamides is 1. The Bertz CT molecular complexity index is 1580. The number of nitrogens with one attached hydrogen (secondary N) is 1. The van der Waals surface area contributed by atoms with Gasteiger partial charge in [0.2, 0.25) is 0 Å². The number of rotatable bonds is 3. The molecule has 0 atom stereocenters. The van der Waals surface area contributed by atoms with E-state index < -0.39 is 40.2 Å². The van der Waals surface area contributed by atoms with Gasteiger partial charge in [-0.15, -0.1) is 0 Å². The molecular weight excluding hydrogens is 554 g/mol. The molecule has 7 nitrogen and oxygen atoms in total. The topological polar surface area (TPSA) is 80.8 Å². The fourth-order valence-corrected chi connectivity index (χ4v) is 6.16. The first-order valence-corrected chi connectivity index (χ1v) is 14.7. The van der Waals surface area contributed by atoms with E-state index in [1.807, 2.05) is 48.5 Å². The van der Waals surface area contributed by atoms with Gasteiger partial charge in [-0.05, 0) is 74.5 Å². The third kappa shape index (κ3) is 5.33. The van der Waals surface area contributed by atoms with Gasteiger partial charge >= 0.3 is 13.3 Å². The molecule has 3 heterocycles. The average molecular weight is 587 g/mol. The van der Waals surface area contributed by atoms with Crippen molar-refractivity contribution in [1.29, 1.82) is 0 Å². The Labute approximate surface area is 239 Å². The van der Waals surface area contributed by atoms with Gasteiger partial charge < -0.3 is 14.6 Å². The van der Waals surface area contributed by atoms with Crippen molar-refractivity contribution in [3.8, 4) is 0 Å². The summed E-state index contributed by atoms with van der Waals surface area (Å²) in [4.78, 5) is 3.86. The molecule has 12 heteroatoms. The second-order valence-electron chi connectivity index (χ2n) is 12.5. The van der Waals surface area contributed by atoms with Crippen LogP contribution in [0.2, 0.25) is 0 Å².